The van der Waals surface area contributed by atoms with Crippen LogP contribution in [0.1, 0.15) is 30.8 Å². The number of imidazole rings is 1. The minimum atomic E-state index is 0.248. The summed E-state index contributed by atoms with van der Waals surface area (Å²) in [5.74, 6) is 2.99. The molecule has 4 rings (SSSR count). The van der Waals surface area contributed by atoms with Crippen LogP contribution >= 0.6 is 0 Å². The first kappa shape index (κ1) is 15.5. The van der Waals surface area contributed by atoms with Gasteiger partial charge in [-0.1, -0.05) is 32.0 Å². The van der Waals surface area contributed by atoms with Crippen LogP contribution in [0.4, 0.5) is 0 Å². The Hall–Kier alpha value is -3.00. The van der Waals surface area contributed by atoms with Crippen molar-refractivity contribution in [2.24, 2.45) is 5.92 Å². The molecule has 0 amide bonds. The van der Waals surface area contributed by atoms with Gasteiger partial charge < -0.3 is 14.0 Å². The van der Waals surface area contributed by atoms with Crippen molar-refractivity contribution < 1.29 is 9.47 Å². The molecule has 0 saturated carbocycles. The fraction of sp³-hybridized carbons (Fsp3) is 0.300. The number of ether oxygens (including phenoxy) is 2. The highest BCUT2D eigenvalue weighted by atomic mass is 16.7. The standard InChI is InChI=1S/C20H19N3O2/c1-13(2)7-20-22-16-8-18-19(25-12-24-18)9-17(16)23(20)11-15-6-4-3-5-14(15)10-21/h3-6,8-9,13H,7,11-12H2,1-2H3. The molecule has 0 bridgehead atoms. The largest absolute Gasteiger partial charge is 0.454 e. The van der Waals surface area contributed by atoms with Crippen molar-refractivity contribution in [2.45, 2.75) is 26.8 Å². The van der Waals surface area contributed by atoms with Gasteiger partial charge in [-0.2, -0.15) is 5.26 Å². The average molecular weight is 333 g/mol. The Kier molecular flexibility index (Phi) is 3.81. The van der Waals surface area contributed by atoms with Crippen LogP contribution in [0.2, 0.25) is 0 Å². The van der Waals surface area contributed by atoms with Crippen molar-refractivity contribution >= 4 is 11.0 Å². The van der Waals surface area contributed by atoms with Gasteiger partial charge in [0.05, 0.1) is 29.2 Å². The first-order valence-corrected chi connectivity index (χ1v) is 8.42. The third-order valence-electron chi connectivity index (χ3n) is 4.38. The van der Waals surface area contributed by atoms with Gasteiger partial charge in [-0.3, -0.25) is 0 Å². The second kappa shape index (κ2) is 6.14. The Balaban J connectivity index is 1.86. The Morgan fingerprint density at radius 3 is 2.72 bits per heavy atom. The predicted molar refractivity (Wildman–Crippen MR) is 94.7 cm³/mol. The van der Waals surface area contributed by atoms with Crippen LogP contribution in [0.5, 0.6) is 11.5 Å². The highest BCUT2D eigenvalue weighted by Crippen LogP contribution is 2.36. The normalized spacial score (nSPS) is 12.7. The Bertz CT molecular complexity index is 983. The third-order valence-corrected chi connectivity index (χ3v) is 4.38. The van der Waals surface area contributed by atoms with E-state index in [1.165, 1.54) is 0 Å². The maximum atomic E-state index is 9.39. The van der Waals surface area contributed by atoms with Crippen LogP contribution in [0.3, 0.4) is 0 Å². The van der Waals surface area contributed by atoms with Crippen molar-refractivity contribution in [1.29, 1.82) is 5.26 Å². The molecule has 25 heavy (non-hydrogen) atoms. The number of hydrogen-bond acceptors (Lipinski definition) is 4. The number of fused-ring (bicyclic) bond motifs is 2. The van der Waals surface area contributed by atoms with Crippen LogP contribution in [0.15, 0.2) is 36.4 Å². The molecule has 126 valence electrons. The second-order valence-electron chi connectivity index (χ2n) is 6.68. The number of nitriles is 1. The van der Waals surface area contributed by atoms with Gasteiger partial charge in [-0.05, 0) is 17.5 Å². The molecule has 0 spiro atoms. The van der Waals surface area contributed by atoms with Gasteiger partial charge in [-0.25, -0.2) is 4.98 Å². The number of hydrogen-bond donors (Lipinski definition) is 0. The first-order valence-electron chi connectivity index (χ1n) is 8.42. The summed E-state index contributed by atoms with van der Waals surface area (Å²) in [5, 5.41) is 9.39. The van der Waals surface area contributed by atoms with Crippen molar-refractivity contribution in [3.05, 3.63) is 53.3 Å². The monoisotopic (exact) mass is 333 g/mol. The molecule has 5 nitrogen and oxygen atoms in total. The lowest BCUT2D eigenvalue weighted by molar-refractivity contribution is 0.174. The summed E-state index contributed by atoms with van der Waals surface area (Å²) in [6.45, 7) is 5.22. The summed E-state index contributed by atoms with van der Waals surface area (Å²) in [6, 6.07) is 13.9. The molecule has 0 aliphatic carbocycles. The molecule has 1 aliphatic heterocycles. The Morgan fingerprint density at radius 1 is 1.20 bits per heavy atom. The molecule has 0 fully saturated rings. The van der Waals surface area contributed by atoms with Crippen LogP contribution in [-0.2, 0) is 13.0 Å². The molecular formula is C20H19N3O2. The van der Waals surface area contributed by atoms with Gasteiger partial charge in [-0.15, -0.1) is 0 Å². The number of nitrogens with zero attached hydrogens (tertiary/aromatic N) is 3. The van der Waals surface area contributed by atoms with Crippen molar-refractivity contribution in [3.63, 3.8) is 0 Å². The maximum Gasteiger partial charge on any atom is 0.231 e. The van der Waals surface area contributed by atoms with E-state index in [4.69, 9.17) is 14.5 Å². The zero-order valence-electron chi connectivity index (χ0n) is 14.3. The molecule has 0 radical (unpaired) electrons. The lowest BCUT2D eigenvalue weighted by Gasteiger charge is -2.12. The smallest absolute Gasteiger partial charge is 0.231 e. The van der Waals surface area contributed by atoms with E-state index in [0.29, 0.717) is 18.0 Å². The van der Waals surface area contributed by atoms with E-state index in [1.54, 1.807) is 0 Å². The Labute approximate surface area is 146 Å². The lowest BCUT2D eigenvalue weighted by Crippen LogP contribution is -2.09. The molecule has 1 aliphatic rings. The van der Waals surface area contributed by atoms with Crippen molar-refractivity contribution in [2.75, 3.05) is 6.79 Å². The topological polar surface area (TPSA) is 60.1 Å². The van der Waals surface area contributed by atoms with Gasteiger partial charge >= 0.3 is 0 Å². The van der Waals surface area contributed by atoms with Gasteiger partial charge in [0.25, 0.3) is 0 Å². The summed E-state index contributed by atoms with van der Waals surface area (Å²) >= 11 is 0. The van der Waals surface area contributed by atoms with E-state index in [9.17, 15) is 5.26 Å². The summed E-state index contributed by atoms with van der Waals surface area (Å²) in [4.78, 5) is 4.83. The van der Waals surface area contributed by atoms with Gasteiger partial charge in [0.15, 0.2) is 11.5 Å². The predicted octanol–water partition coefficient (Wildman–Crippen LogP) is 3.88. The maximum absolute atomic E-state index is 9.39. The zero-order chi connectivity index (χ0) is 17.4. The van der Waals surface area contributed by atoms with Gasteiger partial charge in [0, 0.05) is 18.6 Å². The average Bonchev–Trinajstić information content (AvgIpc) is 3.17. The molecule has 0 unspecified atom stereocenters. The lowest BCUT2D eigenvalue weighted by atomic mass is 10.1. The molecule has 2 aromatic carbocycles. The number of rotatable bonds is 4. The summed E-state index contributed by atoms with van der Waals surface area (Å²) in [7, 11) is 0. The fourth-order valence-electron chi connectivity index (χ4n) is 3.20. The second-order valence-corrected chi connectivity index (χ2v) is 6.68. The Morgan fingerprint density at radius 2 is 1.96 bits per heavy atom. The minimum Gasteiger partial charge on any atom is -0.454 e. The van der Waals surface area contributed by atoms with E-state index >= 15 is 0 Å². The molecule has 0 N–H and O–H groups in total. The van der Waals surface area contributed by atoms with Crippen molar-refractivity contribution in [1.82, 2.24) is 9.55 Å². The molecule has 2 heterocycles. The molecule has 0 atom stereocenters. The molecule has 5 heteroatoms. The number of benzene rings is 2. The van der Waals surface area contributed by atoms with Crippen LogP contribution in [0.25, 0.3) is 11.0 Å². The zero-order valence-corrected chi connectivity index (χ0v) is 14.3. The number of aromatic nitrogens is 2. The van der Waals surface area contributed by atoms with Crippen molar-refractivity contribution in [3.8, 4) is 17.6 Å². The van der Waals surface area contributed by atoms with E-state index < -0.39 is 0 Å². The first-order chi connectivity index (χ1) is 12.2. The van der Waals surface area contributed by atoms with E-state index in [-0.39, 0.29) is 6.79 Å². The van der Waals surface area contributed by atoms with E-state index in [2.05, 4.69) is 24.5 Å². The highest BCUT2D eigenvalue weighted by Gasteiger charge is 2.20. The van der Waals surface area contributed by atoms with E-state index in [0.717, 1.165) is 40.3 Å². The van der Waals surface area contributed by atoms with E-state index in [1.807, 2.05) is 36.4 Å². The molecule has 3 aromatic rings. The summed E-state index contributed by atoms with van der Waals surface area (Å²) < 4.78 is 13.2. The minimum absolute atomic E-state index is 0.248. The molecular weight excluding hydrogens is 314 g/mol. The molecule has 1 aromatic heterocycles. The third kappa shape index (κ3) is 2.80. The van der Waals surface area contributed by atoms with Gasteiger partial charge in [0.1, 0.15) is 5.82 Å². The van der Waals surface area contributed by atoms with Crippen LogP contribution < -0.4 is 9.47 Å². The summed E-state index contributed by atoms with van der Waals surface area (Å²) in [6.07, 6.45) is 0.871. The summed E-state index contributed by atoms with van der Waals surface area (Å²) in [5.41, 5.74) is 3.59. The SMILES string of the molecule is CC(C)Cc1nc2cc3c(cc2n1Cc1ccccc1C#N)OCO3. The van der Waals surface area contributed by atoms with Crippen LogP contribution in [0, 0.1) is 17.2 Å². The highest BCUT2D eigenvalue weighted by molar-refractivity contribution is 5.81. The van der Waals surface area contributed by atoms with Gasteiger partial charge in [0.2, 0.25) is 6.79 Å². The quantitative estimate of drug-likeness (QED) is 0.727. The fourth-order valence-corrected chi connectivity index (χ4v) is 3.20. The molecule has 0 saturated heterocycles. The van der Waals surface area contributed by atoms with Crippen LogP contribution in [-0.4, -0.2) is 16.3 Å².